The molecule has 5 rings (SSSR count). The molecular weight excluding hydrogens is 432 g/mol. The standard InChI is InChI=1S/C24H26N8O2/c1-16-4-6-18(7-5-16)26-23-22(33-3)21(27-24(28-23)32-10-12-34-13-11-32)20-14-17(15-25-29-20)19-8-9-31(2)30-19/h4-9,14-15H,10-13H2,1-3H3,(H,26,27,28). The summed E-state index contributed by atoms with van der Waals surface area (Å²) in [6.07, 6.45) is 3.58. The Labute approximate surface area is 197 Å². The molecule has 10 nitrogen and oxygen atoms in total. The fraction of sp³-hybridized carbons (Fsp3) is 0.292. The van der Waals surface area contributed by atoms with Gasteiger partial charge in [0.15, 0.2) is 11.6 Å². The molecule has 0 spiro atoms. The van der Waals surface area contributed by atoms with E-state index in [1.54, 1.807) is 18.0 Å². The Morgan fingerprint density at radius 3 is 2.53 bits per heavy atom. The minimum absolute atomic E-state index is 0.491. The van der Waals surface area contributed by atoms with E-state index < -0.39 is 0 Å². The highest BCUT2D eigenvalue weighted by Gasteiger charge is 2.23. The lowest BCUT2D eigenvalue weighted by Crippen LogP contribution is -2.37. The molecule has 0 bridgehead atoms. The van der Waals surface area contributed by atoms with E-state index in [0.717, 1.165) is 16.9 Å². The van der Waals surface area contributed by atoms with Gasteiger partial charge in [-0.1, -0.05) is 17.7 Å². The lowest BCUT2D eigenvalue weighted by molar-refractivity contribution is 0.122. The molecule has 1 aliphatic rings. The highest BCUT2D eigenvalue weighted by atomic mass is 16.5. The first-order valence-corrected chi connectivity index (χ1v) is 11.1. The van der Waals surface area contributed by atoms with Gasteiger partial charge in [0, 0.05) is 37.6 Å². The number of methoxy groups -OCH3 is 1. The number of benzene rings is 1. The second kappa shape index (κ2) is 9.44. The van der Waals surface area contributed by atoms with Gasteiger partial charge in [0.2, 0.25) is 5.95 Å². The number of aryl methyl sites for hydroxylation is 2. The number of anilines is 3. The Bertz CT molecular complexity index is 1280. The summed E-state index contributed by atoms with van der Waals surface area (Å²) in [5.74, 6) is 1.63. The van der Waals surface area contributed by atoms with Crippen LogP contribution in [0.1, 0.15) is 5.56 Å². The lowest BCUT2D eigenvalue weighted by Gasteiger charge is -2.28. The van der Waals surface area contributed by atoms with E-state index in [4.69, 9.17) is 19.4 Å². The molecule has 0 amide bonds. The number of hydrogen-bond acceptors (Lipinski definition) is 9. The Kier molecular flexibility index (Phi) is 6.05. The molecule has 4 aromatic rings. The fourth-order valence-corrected chi connectivity index (χ4v) is 3.76. The third-order valence-electron chi connectivity index (χ3n) is 5.57. The molecule has 0 atom stereocenters. The molecule has 0 aliphatic carbocycles. The van der Waals surface area contributed by atoms with Gasteiger partial charge in [-0.05, 0) is 31.2 Å². The van der Waals surface area contributed by atoms with Crippen molar-refractivity contribution in [2.75, 3.05) is 43.6 Å². The van der Waals surface area contributed by atoms with Crippen LogP contribution in [0.3, 0.4) is 0 Å². The van der Waals surface area contributed by atoms with Gasteiger partial charge in [0.05, 0.1) is 32.2 Å². The molecule has 0 unspecified atom stereocenters. The van der Waals surface area contributed by atoms with Crippen molar-refractivity contribution in [3.63, 3.8) is 0 Å². The van der Waals surface area contributed by atoms with Crippen molar-refractivity contribution in [3.8, 4) is 28.4 Å². The predicted octanol–water partition coefficient (Wildman–Crippen LogP) is 3.23. The van der Waals surface area contributed by atoms with Crippen LogP contribution in [0, 0.1) is 6.92 Å². The molecule has 4 heterocycles. The zero-order valence-electron chi connectivity index (χ0n) is 19.4. The van der Waals surface area contributed by atoms with E-state index in [-0.39, 0.29) is 0 Å². The van der Waals surface area contributed by atoms with Crippen molar-refractivity contribution in [2.45, 2.75) is 6.92 Å². The second-order valence-electron chi connectivity index (χ2n) is 8.05. The maximum absolute atomic E-state index is 5.80. The van der Waals surface area contributed by atoms with Crippen molar-refractivity contribution in [2.24, 2.45) is 7.05 Å². The van der Waals surface area contributed by atoms with Gasteiger partial charge in [0.25, 0.3) is 0 Å². The summed E-state index contributed by atoms with van der Waals surface area (Å²) in [5.41, 5.74) is 4.85. The second-order valence-corrected chi connectivity index (χ2v) is 8.05. The van der Waals surface area contributed by atoms with Crippen molar-refractivity contribution >= 4 is 17.5 Å². The molecule has 1 fully saturated rings. The Balaban J connectivity index is 1.62. The largest absolute Gasteiger partial charge is 0.491 e. The van der Waals surface area contributed by atoms with E-state index in [2.05, 4.69) is 32.4 Å². The summed E-state index contributed by atoms with van der Waals surface area (Å²) in [4.78, 5) is 11.8. The Hall–Kier alpha value is -4.05. The van der Waals surface area contributed by atoms with E-state index >= 15 is 0 Å². The molecule has 1 saturated heterocycles. The number of ether oxygens (including phenoxy) is 2. The van der Waals surface area contributed by atoms with Crippen molar-refractivity contribution in [1.82, 2.24) is 29.9 Å². The molecule has 3 aromatic heterocycles. The molecule has 1 N–H and O–H groups in total. The molecule has 1 aromatic carbocycles. The Morgan fingerprint density at radius 1 is 1.03 bits per heavy atom. The monoisotopic (exact) mass is 458 g/mol. The summed E-state index contributed by atoms with van der Waals surface area (Å²) in [6.45, 7) is 4.71. The average Bonchev–Trinajstić information content (AvgIpc) is 3.32. The molecule has 0 saturated carbocycles. The summed E-state index contributed by atoms with van der Waals surface area (Å²) < 4.78 is 13.1. The molecule has 174 valence electrons. The van der Waals surface area contributed by atoms with Gasteiger partial charge in [-0.25, -0.2) is 4.98 Å². The van der Waals surface area contributed by atoms with Crippen LogP contribution in [-0.2, 0) is 11.8 Å². The van der Waals surface area contributed by atoms with Crippen LogP contribution in [0.15, 0.2) is 48.8 Å². The van der Waals surface area contributed by atoms with Crippen LogP contribution in [-0.4, -0.2) is 63.4 Å². The number of hydrogen-bond donors (Lipinski definition) is 1. The first-order chi connectivity index (χ1) is 16.6. The Morgan fingerprint density at radius 2 is 1.82 bits per heavy atom. The van der Waals surface area contributed by atoms with Crippen LogP contribution < -0.4 is 15.0 Å². The van der Waals surface area contributed by atoms with E-state index in [0.29, 0.717) is 55.2 Å². The van der Waals surface area contributed by atoms with Gasteiger partial charge < -0.3 is 19.7 Å². The van der Waals surface area contributed by atoms with Crippen LogP contribution in [0.2, 0.25) is 0 Å². The molecular formula is C24H26N8O2. The fourth-order valence-electron chi connectivity index (χ4n) is 3.76. The number of nitrogens with one attached hydrogen (secondary N) is 1. The summed E-state index contributed by atoms with van der Waals surface area (Å²) in [7, 11) is 3.48. The van der Waals surface area contributed by atoms with Gasteiger partial charge >= 0.3 is 0 Å². The molecule has 34 heavy (non-hydrogen) atoms. The van der Waals surface area contributed by atoms with E-state index in [9.17, 15) is 0 Å². The number of nitrogens with zero attached hydrogens (tertiary/aromatic N) is 7. The van der Waals surface area contributed by atoms with Crippen LogP contribution in [0.4, 0.5) is 17.5 Å². The van der Waals surface area contributed by atoms with Crippen LogP contribution in [0.5, 0.6) is 5.75 Å². The topological polar surface area (TPSA) is 103 Å². The van der Waals surface area contributed by atoms with Crippen LogP contribution >= 0.6 is 0 Å². The normalized spacial score (nSPS) is 13.7. The highest BCUT2D eigenvalue weighted by molar-refractivity contribution is 5.77. The SMILES string of the molecule is COc1c(Nc2ccc(C)cc2)nc(N2CCOCC2)nc1-c1cc(-c2ccn(C)n2)cnn1. The summed E-state index contributed by atoms with van der Waals surface area (Å²) in [5, 5.41) is 16.5. The van der Waals surface area contributed by atoms with Crippen molar-refractivity contribution in [3.05, 3.63) is 54.4 Å². The lowest BCUT2D eigenvalue weighted by atomic mass is 10.1. The van der Waals surface area contributed by atoms with Crippen molar-refractivity contribution in [1.29, 1.82) is 0 Å². The number of rotatable bonds is 6. The third-order valence-corrected chi connectivity index (χ3v) is 5.57. The maximum atomic E-state index is 5.80. The number of morpholine rings is 1. The summed E-state index contributed by atoms with van der Waals surface area (Å²) >= 11 is 0. The van der Waals surface area contributed by atoms with Gasteiger partial charge in [-0.2, -0.15) is 15.2 Å². The molecule has 0 radical (unpaired) electrons. The smallest absolute Gasteiger partial charge is 0.228 e. The molecule has 1 aliphatic heterocycles. The predicted molar refractivity (Wildman–Crippen MR) is 129 cm³/mol. The highest BCUT2D eigenvalue weighted by Crippen LogP contribution is 2.37. The van der Waals surface area contributed by atoms with Gasteiger partial charge in [-0.15, -0.1) is 5.10 Å². The van der Waals surface area contributed by atoms with E-state index in [1.807, 2.05) is 49.6 Å². The maximum Gasteiger partial charge on any atom is 0.228 e. The molecule has 10 heteroatoms. The van der Waals surface area contributed by atoms with Gasteiger partial charge in [0.1, 0.15) is 11.4 Å². The zero-order valence-corrected chi connectivity index (χ0v) is 19.4. The first-order valence-electron chi connectivity index (χ1n) is 11.1. The minimum atomic E-state index is 0.491. The van der Waals surface area contributed by atoms with Crippen molar-refractivity contribution < 1.29 is 9.47 Å². The summed E-state index contributed by atoms with van der Waals surface area (Å²) in [6, 6.07) is 11.9. The number of aromatic nitrogens is 6. The third kappa shape index (κ3) is 4.53. The van der Waals surface area contributed by atoms with Crippen LogP contribution in [0.25, 0.3) is 22.6 Å². The van der Waals surface area contributed by atoms with Gasteiger partial charge in [-0.3, -0.25) is 4.68 Å². The van der Waals surface area contributed by atoms with E-state index in [1.165, 1.54) is 5.56 Å². The average molecular weight is 459 g/mol. The quantitative estimate of drug-likeness (QED) is 0.466. The first kappa shape index (κ1) is 21.8. The minimum Gasteiger partial charge on any atom is -0.491 e. The zero-order chi connectivity index (χ0) is 23.5.